The summed E-state index contributed by atoms with van der Waals surface area (Å²) in [5.74, 6) is 0.729. The van der Waals surface area contributed by atoms with Gasteiger partial charge in [0.25, 0.3) is 0 Å². The molecule has 3 heterocycles. The molecule has 0 radical (unpaired) electrons. The molecule has 0 bridgehead atoms. The van der Waals surface area contributed by atoms with E-state index in [1.807, 2.05) is 19.9 Å². The normalized spacial score (nSPS) is 16.8. The molecule has 7 nitrogen and oxygen atoms in total. The number of aromatic nitrogens is 3. The van der Waals surface area contributed by atoms with E-state index in [0.717, 1.165) is 48.6 Å². The van der Waals surface area contributed by atoms with Gasteiger partial charge in [-0.05, 0) is 45.3 Å². The Hall–Kier alpha value is -2.45. The zero-order valence-electron chi connectivity index (χ0n) is 17.7. The number of nitrogens with zero attached hydrogens (tertiary/aromatic N) is 4. The quantitative estimate of drug-likeness (QED) is 0.603. The highest BCUT2D eigenvalue weighted by Gasteiger charge is 2.34. The van der Waals surface area contributed by atoms with Crippen molar-refractivity contribution in [2.24, 2.45) is 5.92 Å². The van der Waals surface area contributed by atoms with Crippen molar-refractivity contribution in [2.75, 3.05) is 19.7 Å². The number of piperidine rings is 1. The number of aryl methyl sites for hydroxylation is 2. The SMILES string of the molecule is CCOC(=O)C1CCN([C@@H](c2cccc(C)c2)c2sc3nc(CC)nn3c2O)CC1. The molecule has 4 rings (SSSR count). The average Bonchev–Trinajstić information content (AvgIpc) is 3.28. The maximum Gasteiger partial charge on any atom is 0.309 e. The van der Waals surface area contributed by atoms with Crippen molar-refractivity contribution < 1.29 is 14.6 Å². The number of benzene rings is 1. The van der Waals surface area contributed by atoms with Gasteiger partial charge >= 0.3 is 5.97 Å². The summed E-state index contributed by atoms with van der Waals surface area (Å²) in [7, 11) is 0. The first-order valence-corrected chi connectivity index (χ1v) is 11.4. The predicted molar refractivity (Wildman–Crippen MR) is 116 cm³/mol. The molecule has 1 aliphatic heterocycles. The molecule has 0 spiro atoms. The lowest BCUT2D eigenvalue weighted by atomic mass is 9.93. The third kappa shape index (κ3) is 3.94. The monoisotopic (exact) mass is 428 g/mol. The van der Waals surface area contributed by atoms with Crippen LogP contribution in [0.2, 0.25) is 0 Å². The number of likely N-dealkylation sites (tertiary alicyclic amines) is 1. The van der Waals surface area contributed by atoms with E-state index in [4.69, 9.17) is 4.74 Å². The Morgan fingerprint density at radius 1 is 1.33 bits per heavy atom. The van der Waals surface area contributed by atoms with Gasteiger partial charge < -0.3 is 9.84 Å². The van der Waals surface area contributed by atoms with E-state index in [2.05, 4.69) is 40.1 Å². The fourth-order valence-corrected chi connectivity index (χ4v) is 5.28. The highest BCUT2D eigenvalue weighted by atomic mass is 32.1. The van der Waals surface area contributed by atoms with Crippen LogP contribution in [0.1, 0.15) is 54.6 Å². The first kappa shape index (κ1) is 20.8. The van der Waals surface area contributed by atoms with Gasteiger partial charge in [0.1, 0.15) is 0 Å². The lowest BCUT2D eigenvalue weighted by molar-refractivity contribution is -0.149. The van der Waals surface area contributed by atoms with Gasteiger partial charge in [-0.1, -0.05) is 48.1 Å². The van der Waals surface area contributed by atoms with E-state index >= 15 is 0 Å². The summed E-state index contributed by atoms with van der Waals surface area (Å²) >= 11 is 1.48. The molecule has 8 heteroatoms. The van der Waals surface area contributed by atoms with Gasteiger partial charge in [-0.3, -0.25) is 9.69 Å². The second kappa shape index (κ2) is 8.73. The van der Waals surface area contributed by atoms with Crippen molar-refractivity contribution in [3.63, 3.8) is 0 Å². The summed E-state index contributed by atoms with van der Waals surface area (Å²) in [6.45, 7) is 7.85. The van der Waals surface area contributed by atoms with Crippen molar-refractivity contribution in [3.05, 3.63) is 46.1 Å². The van der Waals surface area contributed by atoms with Crippen LogP contribution in [-0.4, -0.2) is 50.3 Å². The van der Waals surface area contributed by atoms with Crippen LogP contribution >= 0.6 is 11.3 Å². The van der Waals surface area contributed by atoms with Crippen molar-refractivity contribution in [2.45, 2.75) is 46.1 Å². The van der Waals surface area contributed by atoms with Gasteiger partial charge in [0, 0.05) is 6.42 Å². The maximum absolute atomic E-state index is 12.2. The summed E-state index contributed by atoms with van der Waals surface area (Å²) in [5.41, 5.74) is 2.30. The molecule has 3 aromatic rings. The van der Waals surface area contributed by atoms with Crippen LogP contribution in [0.3, 0.4) is 0 Å². The molecule has 1 saturated heterocycles. The summed E-state index contributed by atoms with van der Waals surface area (Å²) in [6.07, 6.45) is 2.23. The third-order valence-electron chi connectivity index (χ3n) is 5.68. The Morgan fingerprint density at radius 3 is 2.73 bits per heavy atom. The Balaban J connectivity index is 1.67. The van der Waals surface area contributed by atoms with Gasteiger partial charge in [-0.15, -0.1) is 5.10 Å². The maximum atomic E-state index is 12.2. The van der Waals surface area contributed by atoms with E-state index in [1.165, 1.54) is 16.9 Å². The largest absolute Gasteiger partial charge is 0.492 e. The van der Waals surface area contributed by atoms with Crippen LogP contribution in [0.15, 0.2) is 24.3 Å². The molecule has 1 fully saturated rings. The third-order valence-corrected chi connectivity index (χ3v) is 6.75. The Morgan fingerprint density at radius 2 is 2.10 bits per heavy atom. The number of fused-ring (bicyclic) bond motifs is 1. The number of hydrogen-bond donors (Lipinski definition) is 1. The molecule has 160 valence electrons. The van der Waals surface area contributed by atoms with E-state index < -0.39 is 0 Å². The van der Waals surface area contributed by atoms with E-state index in [-0.39, 0.29) is 23.8 Å². The van der Waals surface area contributed by atoms with Gasteiger partial charge in [0.2, 0.25) is 10.8 Å². The van der Waals surface area contributed by atoms with E-state index in [9.17, 15) is 9.90 Å². The van der Waals surface area contributed by atoms with Crippen LogP contribution in [0.4, 0.5) is 0 Å². The molecule has 0 saturated carbocycles. The molecule has 30 heavy (non-hydrogen) atoms. The molecular formula is C22H28N4O3S. The van der Waals surface area contributed by atoms with Gasteiger partial charge in [0.05, 0.1) is 23.4 Å². The number of ether oxygens (including phenoxy) is 1. The van der Waals surface area contributed by atoms with E-state index in [0.29, 0.717) is 11.6 Å². The fourth-order valence-electron chi connectivity index (χ4n) is 4.14. The molecule has 0 amide bonds. The Kier molecular flexibility index (Phi) is 6.06. The zero-order chi connectivity index (χ0) is 21.3. The molecule has 1 aromatic carbocycles. The number of aromatic hydroxyl groups is 1. The number of rotatable bonds is 6. The fraction of sp³-hybridized carbons (Fsp3) is 0.500. The first-order chi connectivity index (χ1) is 14.5. The average molecular weight is 429 g/mol. The Bertz CT molecular complexity index is 1040. The van der Waals surface area contributed by atoms with Crippen LogP contribution in [0.25, 0.3) is 4.96 Å². The summed E-state index contributed by atoms with van der Waals surface area (Å²) in [6, 6.07) is 8.28. The standard InChI is InChI=1S/C22H28N4O3S/c1-4-17-23-22-26(24-17)20(27)19(30-22)18(16-8-6-7-14(3)13-16)25-11-9-15(10-12-25)21(28)29-5-2/h6-8,13,15,18,27H,4-5,9-12H2,1-3H3/t18-/m0/s1. The van der Waals surface area contributed by atoms with Crippen LogP contribution in [0, 0.1) is 12.8 Å². The molecule has 1 N–H and O–H groups in total. The van der Waals surface area contributed by atoms with E-state index in [1.54, 1.807) is 4.52 Å². The molecule has 0 unspecified atom stereocenters. The van der Waals surface area contributed by atoms with Crippen molar-refractivity contribution in [3.8, 4) is 5.88 Å². The molecule has 0 aliphatic carbocycles. The molecule has 1 aliphatic rings. The minimum Gasteiger partial charge on any atom is -0.492 e. The second-order valence-electron chi connectivity index (χ2n) is 7.74. The van der Waals surface area contributed by atoms with Crippen LogP contribution < -0.4 is 0 Å². The number of esters is 1. The number of carbonyl (C=O) groups excluding carboxylic acids is 1. The minimum absolute atomic E-state index is 0.0533. The topological polar surface area (TPSA) is 80.0 Å². The molecular weight excluding hydrogens is 400 g/mol. The van der Waals surface area contributed by atoms with Crippen LogP contribution in [-0.2, 0) is 16.0 Å². The number of carbonyl (C=O) groups is 1. The summed E-state index contributed by atoms with van der Waals surface area (Å²) in [4.78, 5) is 20.6. The zero-order valence-corrected chi connectivity index (χ0v) is 18.5. The van der Waals surface area contributed by atoms with Gasteiger partial charge in [-0.25, -0.2) is 4.98 Å². The number of hydrogen-bond acceptors (Lipinski definition) is 7. The second-order valence-corrected chi connectivity index (χ2v) is 8.75. The minimum atomic E-state index is -0.105. The summed E-state index contributed by atoms with van der Waals surface area (Å²) < 4.78 is 6.77. The van der Waals surface area contributed by atoms with Crippen molar-refractivity contribution >= 4 is 22.3 Å². The molecule has 1 atom stereocenters. The first-order valence-electron chi connectivity index (χ1n) is 10.6. The predicted octanol–water partition coefficient (Wildman–Crippen LogP) is 3.73. The van der Waals surface area contributed by atoms with Gasteiger partial charge in [-0.2, -0.15) is 4.52 Å². The number of thiazole rings is 1. The lowest BCUT2D eigenvalue weighted by Crippen LogP contribution is -2.39. The van der Waals surface area contributed by atoms with Crippen molar-refractivity contribution in [1.82, 2.24) is 19.5 Å². The van der Waals surface area contributed by atoms with Crippen molar-refractivity contribution in [1.29, 1.82) is 0 Å². The summed E-state index contributed by atoms with van der Waals surface area (Å²) in [5, 5.41) is 15.4. The Labute approximate surface area is 180 Å². The molecule has 2 aromatic heterocycles. The smallest absolute Gasteiger partial charge is 0.309 e. The highest BCUT2D eigenvalue weighted by Crippen LogP contribution is 2.41. The van der Waals surface area contributed by atoms with Gasteiger partial charge in [0.15, 0.2) is 5.82 Å². The lowest BCUT2D eigenvalue weighted by Gasteiger charge is -2.36. The van der Waals surface area contributed by atoms with Crippen LogP contribution in [0.5, 0.6) is 5.88 Å². The highest BCUT2D eigenvalue weighted by molar-refractivity contribution is 7.17.